The second-order valence-corrected chi connectivity index (χ2v) is 7.19. The first-order valence-electron chi connectivity index (χ1n) is 9.28. The standard InChI is InChI=1S/C20H26N2O2/c1-3-18-13-8-10-22(18)19(11-13)20(23)15-7-9-21-17-6-5-14(24-4-2)12-16(15)17/h5-7,9,12-13,18-20,23H,3-4,8,10-11H2,1-2H3/p+1/t13-,18+,19-,20-/m0/s1. The summed E-state index contributed by atoms with van der Waals surface area (Å²) in [4.78, 5) is 6.07. The van der Waals surface area contributed by atoms with E-state index in [1.54, 1.807) is 4.90 Å². The average molecular weight is 327 g/mol. The smallest absolute Gasteiger partial charge is 0.131 e. The van der Waals surface area contributed by atoms with E-state index >= 15 is 0 Å². The lowest BCUT2D eigenvalue weighted by atomic mass is 9.90. The van der Waals surface area contributed by atoms with Gasteiger partial charge in [-0.2, -0.15) is 0 Å². The molecule has 0 aliphatic carbocycles. The molecule has 0 amide bonds. The first-order chi connectivity index (χ1) is 11.7. The van der Waals surface area contributed by atoms with E-state index in [2.05, 4.69) is 11.9 Å². The summed E-state index contributed by atoms with van der Waals surface area (Å²) in [6.45, 7) is 6.12. The first-order valence-corrected chi connectivity index (χ1v) is 9.28. The Morgan fingerprint density at radius 3 is 2.96 bits per heavy atom. The van der Waals surface area contributed by atoms with Crippen LogP contribution >= 0.6 is 0 Å². The molecule has 4 rings (SSSR count). The third-order valence-corrected chi connectivity index (χ3v) is 6.08. The van der Waals surface area contributed by atoms with Crippen LogP contribution in [0.4, 0.5) is 0 Å². The van der Waals surface area contributed by atoms with Crippen molar-refractivity contribution in [3.63, 3.8) is 0 Å². The predicted octanol–water partition coefficient (Wildman–Crippen LogP) is 2.12. The van der Waals surface area contributed by atoms with Gasteiger partial charge in [-0.3, -0.25) is 4.98 Å². The molecule has 2 aliphatic heterocycles. The number of nitrogens with zero attached hydrogens (tertiary/aromatic N) is 1. The van der Waals surface area contributed by atoms with Gasteiger partial charge in [0.1, 0.15) is 17.9 Å². The highest BCUT2D eigenvalue weighted by Gasteiger charge is 2.52. The highest BCUT2D eigenvalue weighted by molar-refractivity contribution is 5.83. The van der Waals surface area contributed by atoms with Crippen LogP contribution in [0.25, 0.3) is 10.9 Å². The molecular formula is C20H27N2O2+. The molecule has 4 nitrogen and oxygen atoms in total. The van der Waals surface area contributed by atoms with Crippen molar-refractivity contribution < 1.29 is 14.7 Å². The van der Waals surface area contributed by atoms with Crippen LogP contribution in [0, 0.1) is 5.92 Å². The molecule has 24 heavy (non-hydrogen) atoms. The van der Waals surface area contributed by atoms with Gasteiger partial charge in [0.25, 0.3) is 0 Å². The number of ether oxygens (including phenoxy) is 1. The zero-order valence-electron chi connectivity index (χ0n) is 14.5. The molecular weight excluding hydrogens is 300 g/mol. The largest absolute Gasteiger partial charge is 0.494 e. The maximum Gasteiger partial charge on any atom is 0.131 e. The van der Waals surface area contributed by atoms with Gasteiger partial charge in [-0.05, 0) is 43.2 Å². The fourth-order valence-electron chi connectivity index (χ4n) is 5.07. The zero-order chi connectivity index (χ0) is 16.7. The van der Waals surface area contributed by atoms with Gasteiger partial charge < -0.3 is 14.7 Å². The molecule has 1 aromatic carbocycles. The number of hydrogen-bond donors (Lipinski definition) is 2. The van der Waals surface area contributed by atoms with Gasteiger partial charge in [-0.25, -0.2) is 0 Å². The van der Waals surface area contributed by atoms with Crippen molar-refractivity contribution in [1.82, 2.24) is 4.98 Å². The van der Waals surface area contributed by atoms with Gasteiger partial charge in [0, 0.05) is 30.3 Å². The summed E-state index contributed by atoms with van der Waals surface area (Å²) in [5.41, 5.74) is 1.93. The monoisotopic (exact) mass is 327 g/mol. The van der Waals surface area contributed by atoms with E-state index in [9.17, 15) is 5.11 Å². The van der Waals surface area contributed by atoms with E-state index < -0.39 is 6.10 Å². The number of aliphatic hydroxyl groups is 1. The number of piperidine rings is 1. The molecule has 5 atom stereocenters. The number of hydrogen-bond acceptors (Lipinski definition) is 3. The molecule has 2 bridgehead atoms. The lowest BCUT2D eigenvalue weighted by Gasteiger charge is -2.28. The summed E-state index contributed by atoms with van der Waals surface area (Å²) in [6.07, 6.45) is 5.07. The van der Waals surface area contributed by atoms with Crippen LogP contribution < -0.4 is 9.64 Å². The normalized spacial score (nSPS) is 30.0. The van der Waals surface area contributed by atoms with Crippen LogP contribution in [0.2, 0.25) is 0 Å². The average Bonchev–Trinajstić information content (AvgIpc) is 3.18. The number of quaternary nitrogens is 1. The summed E-state index contributed by atoms with van der Waals surface area (Å²) in [7, 11) is 0. The van der Waals surface area contributed by atoms with Gasteiger partial charge in [0.15, 0.2) is 0 Å². The van der Waals surface area contributed by atoms with E-state index in [1.807, 2.05) is 37.4 Å². The van der Waals surface area contributed by atoms with Crippen molar-refractivity contribution >= 4 is 10.9 Å². The van der Waals surface area contributed by atoms with Crippen molar-refractivity contribution in [2.24, 2.45) is 5.92 Å². The summed E-state index contributed by atoms with van der Waals surface area (Å²) in [5.74, 6) is 1.63. The lowest BCUT2D eigenvalue weighted by Crippen LogP contribution is -3.16. The minimum Gasteiger partial charge on any atom is -0.494 e. The molecule has 2 N–H and O–H groups in total. The maximum atomic E-state index is 11.2. The molecule has 2 saturated heterocycles. The molecule has 128 valence electrons. The molecule has 0 saturated carbocycles. The molecule has 2 aliphatic rings. The van der Waals surface area contributed by atoms with E-state index in [4.69, 9.17) is 4.74 Å². The van der Waals surface area contributed by atoms with Crippen LogP contribution in [0.1, 0.15) is 44.8 Å². The SMILES string of the molecule is CCOc1ccc2nccc([C@H](O)[C@@H]3C[C@@H]4CC[NH+]3[C@@H]4CC)c2c1. The Hall–Kier alpha value is -1.65. The number of nitrogens with one attached hydrogen (secondary N) is 1. The van der Waals surface area contributed by atoms with Crippen molar-refractivity contribution in [3.8, 4) is 5.75 Å². The topological polar surface area (TPSA) is 46.8 Å². The quantitative estimate of drug-likeness (QED) is 0.884. The van der Waals surface area contributed by atoms with Gasteiger partial charge >= 0.3 is 0 Å². The van der Waals surface area contributed by atoms with Crippen LogP contribution in [0.15, 0.2) is 30.5 Å². The Morgan fingerprint density at radius 1 is 1.33 bits per heavy atom. The molecule has 4 heteroatoms. The minimum atomic E-state index is -0.429. The number of fused-ring (bicyclic) bond motifs is 3. The Kier molecular flexibility index (Phi) is 4.19. The van der Waals surface area contributed by atoms with Crippen molar-refractivity contribution in [3.05, 3.63) is 36.0 Å². The molecule has 1 unspecified atom stereocenters. The van der Waals surface area contributed by atoms with Crippen molar-refractivity contribution in [2.75, 3.05) is 13.2 Å². The summed E-state index contributed by atoms with van der Waals surface area (Å²) in [6, 6.07) is 9.00. The van der Waals surface area contributed by atoms with Crippen LogP contribution in [-0.4, -0.2) is 35.3 Å². The molecule has 1 aromatic heterocycles. The third kappa shape index (κ3) is 2.49. The Bertz CT molecular complexity index is 733. The van der Waals surface area contributed by atoms with E-state index in [1.165, 1.54) is 19.4 Å². The van der Waals surface area contributed by atoms with E-state index in [-0.39, 0.29) is 0 Å². The Morgan fingerprint density at radius 2 is 2.21 bits per heavy atom. The fourth-order valence-corrected chi connectivity index (χ4v) is 5.07. The molecule has 3 heterocycles. The second kappa shape index (κ2) is 6.34. The van der Waals surface area contributed by atoms with Gasteiger partial charge in [0.2, 0.25) is 0 Å². The zero-order valence-corrected chi connectivity index (χ0v) is 14.5. The molecule has 0 spiro atoms. The maximum absolute atomic E-state index is 11.2. The lowest BCUT2D eigenvalue weighted by molar-refractivity contribution is -0.932. The molecule has 0 radical (unpaired) electrons. The highest BCUT2D eigenvalue weighted by atomic mass is 16.5. The number of aromatic nitrogens is 1. The van der Waals surface area contributed by atoms with Gasteiger partial charge in [-0.1, -0.05) is 6.92 Å². The first kappa shape index (κ1) is 15.9. The van der Waals surface area contributed by atoms with Crippen LogP contribution in [0.3, 0.4) is 0 Å². The van der Waals surface area contributed by atoms with Crippen LogP contribution in [0.5, 0.6) is 5.75 Å². The van der Waals surface area contributed by atoms with E-state index in [0.29, 0.717) is 12.6 Å². The van der Waals surface area contributed by atoms with Gasteiger partial charge in [-0.15, -0.1) is 0 Å². The van der Waals surface area contributed by atoms with E-state index in [0.717, 1.165) is 40.6 Å². The fraction of sp³-hybridized carbons (Fsp3) is 0.550. The Labute approximate surface area is 143 Å². The molecule has 2 aromatic rings. The van der Waals surface area contributed by atoms with Crippen molar-refractivity contribution in [1.29, 1.82) is 0 Å². The summed E-state index contributed by atoms with van der Waals surface area (Å²) >= 11 is 0. The minimum absolute atomic E-state index is 0.315. The second-order valence-electron chi connectivity index (χ2n) is 7.19. The number of benzene rings is 1. The number of rotatable bonds is 5. The third-order valence-electron chi connectivity index (χ3n) is 6.08. The Balaban J connectivity index is 1.69. The summed E-state index contributed by atoms with van der Waals surface area (Å²) < 4.78 is 5.64. The van der Waals surface area contributed by atoms with Gasteiger partial charge in [0.05, 0.1) is 24.7 Å². The number of pyridine rings is 1. The van der Waals surface area contributed by atoms with Crippen molar-refractivity contribution in [2.45, 2.75) is 51.3 Å². The summed E-state index contributed by atoms with van der Waals surface area (Å²) in [5, 5.41) is 12.2. The molecule has 2 fully saturated rings. The van der Waals surface area contributed by atoms with Crippen LogP contribution in [-0.2, 0) is 0 Å². The predicted molar refractivity (Wildman–Crippen MR) is 94.3 cm³/mol. The number of aliphatic hydroxyl groups excluding tert-OH is 1. The highest BCUT2D eigenvalue weighted by Crippen LogP contribution is 2.35.